The van der Waals surface area contributed by atoms with Crippen molar-refractivity contribution in [3.63, 3.8) is 0 Å². The Morgan fingerprint density at radius 3 is 2.59 bits per heavy atom. The predicted molar refractivity (Wildman–Crippen MR) is 120 cm³/mol. The van der Waals surface area contributed by atoms with E-state index in [2.05, 4.69) is 5.32 Å². The van der Waals surface area contributed by atoms with E-state index in [9.17, 15) is 22.8 Å². The van der Waals surface area contributed by atoms with Crippen LogP contribution in [0.3, 0.4) is 0 Å². The van der Waals surface area contributed by atoms with Crippen LogP contribution in [-0.2, 0) is 11.0 Å². The number of hydrogen-bond acceptors (Lipinski definition) is 5. The zero-order valence-corrected chi connectivity index (χ0v) is 18.6. The third kappa shape index (κ3) is 4.65. The number of fused-ring (bicyclic) bond motifs is 1. The molecule has 0 aliphatic rings. The van der Waals surface area contributed by atoms with Crippen LogP contribution in [0.25, 0.3) is 22.5 Å². The summed E-state index contributed by atoms with van der Waals surface area (Å²) < 4.78 is 55.7. The quantitative estimate of drug-likeness (QED) is 0.351. The molecule has 0 aliphatic heterocycles. The number of ether oxygens (including phenoxy) is 1. The monoisotopic (exact) mass is 491 g/mol. The SMILES string of the molecule is Cc1cc(C)c2oc(-c3ccco3)c(OCC(=O)Nc3cc(C(F)(F)F)ccc3Cl)c(=O)c2c1. The summed E-state index contributed by atoms with van der Waals surface area (Å²) in [5.74, 6) is -0.904. The number of hydrogen-bond donors (Lipinski definition) is 1. The van der Waals surface area contributed by atoms with E-state index in [4.69, 9.17) is 25.2 Å². The van der Waals surface area contributed by atoms with Crippen LogP contribution in [0.4, 0.5) is 18.9 Å². The summed E-state index contributed by atoms with van der Waals surface area (Å²) in [6.45, 7) is 2.91. The number of anilines is 1. The van der Waals surface area contributed by atoms with E-state index in [1.54, 1.807) is 25.1 Å². The van der Waals surface area contributed by atoms with Gasteiger partial charge in [0.25, 0.3) is 5.91 Å². The van der Waals surface area contributed by atoms with Gasteiger partial charge in [-0.25, -0.2) is 0 Å². The number of rotatable bonds is 5. The van der Waals surface area contributed by atoms with Gasteiger partial charge in [-0.1, -0.05) is 17.7 Å². The minimum Gasteiger partial charge on any atom is -0.476 e. The second-order valence-corrected chi connectivity index (χ2v) is 7.96. The molecular weight excluding hydrogens is 475 g/mol. The lowest BCUT2D eigenvalue weighted by Gasteiger charge is -2.13. The van der Waals surface area contributed by atoms with E-state index in [1.165, 1.54) is 6.26 Å². The molecule has 6 nitrogen and oxygen atoms in total. The second-order valence-electron chi connectivity index (χ2n) is 7.55. The van der Waals surface area contributed by atoms with Crippen LogP contribution in [0, 0.1) is 13.8 Å². The largest absolute Gasteiger partial charge is 0.476 e. The molecule has 0 saturated heterocycles. The highest BCUT2D eigenvalue weighted by molar-refractivity contribution is 6.33. The molecule has 176 valence electrons. The number of furan rings is 1. The summed E-state index contributed by atoms with van der Waals surface area (Å²) in [5.41, 5.74) is 0.149. The predicted octanol–water partition coefficient (Wildman–Crippen LogP) is 6.36. The molecule has 0 bridgehead atoms. The molecule has 0 radical (unpaired) electrons. The first-order valence-electron chi connectivity index (χ1n) is 9.96. The van der Waals surface area contributed by atoms with Crippen LogP contribution < -0.4 is 15.5 Å². The van der Waals surface area contributed by atoms with E-state index >= 15 is 0 Å². The molecule has 4 rings (SSSR count). The summed E-state index contributed by atoms with van der Waals surface area (Å²) in [5, 5.41) is 2.43. The standard InChI is InChI=1S/C24H17ClF3NO5/c1-12-8-13(2)21-15(9-12)20(31)23(22(34-21)18-4-3-7-32-18)33-11-19(30)29-17-10-14(24(26,27)28)5-6-16(17)25/h3-10H,11H2,1-2H3,(H,29,30). The number of halogens is 4. The number of aryl methyl sites for hydroxylation is 2. The maximum atomic E-state index is 13.2. The number of amides is 1. The molecule has 1 N–H and O–H groups in total. The fourth-order valence-electron chi connectivity index (χ4n) is 3.45. The molecule has 4 aromatic rings. The van der Waals surface area contributed by atoms with Crippen LogP contribution in [-0.4, -0.2) is 12.5 Å². The van der Waals surface area contributed by atoms with Gasteiger partial charge in [0.2, 0.25) is 16.9 Å². The highest BCUT2D eigenvalue weighted by Gasteiger charge is 2.31. The second kappa shape index (κ2) is 8.90. The van der Waals surface area contributed by atoms with Crippen molar-refractivity contribution in [2.75, 3.05) is 11.9 Å². The molecule has 2 heterocycles. The Morgan fingerprint density at radius 2 is 1.91 bits per heavy atom. The van der Waals surface area contributed by atoms with E-state index in [-0.39, 0.29) is 33.4 Å². The average molecular weight is 492 g/mol. The normalized spacial score (nSPS) is 11.6. The van der Waals surface area contributed by atoms with Crippen LogP contribution in [0.2, 0.25) is 5.02 Å². The lowest BCUT2D eigenvalue weighted by molar-refractivity contribution is -0.137. The number of benzene rings is 2. The fraction of sp³-hybridized carbons (Fsp3) is 0.167. The molecule has 34 heavy (non-hydrogen) atoms. The molecule has 1 amide bonds. The third-order valence-electron chi connectivity index (χ3n) is 4.94. The van der Waals surface area contributed by atoms with Gasteiger partial charge < -0.3 is 18.9 Å². The van der Waals surface area contributed by atoms with Crippen molar-refractivity contribution in [3.8, 4) is 17.3 Å². The van der Waals surface area contributed by atoms with Gasteiger partial charge in [0, 0.05) is 0 Å². The van der Waals surface area contributed by atoms with Gasteiger partial charge in [0.1, 0.15) is 5.58 Å². The van der Waals surface area contributed by atoms with Gasteiger partial charge in [-0.2, -0.15) is 13.2 Å². The summed E-state index contributed by atoms with van der Waals surface area (Å²) >= 11 is 5.92. The average Bonchev–Trinajstić information content (AvgIpc) is 3.29. The van der Waals surface area contributed by atoms with Crippen LogP contribution in [0.15, 0.2) is 62.4 Å². The Morgan fingerprint density at radius 1 is 1.15 bits per heavy atom. The van der Waals surface area contributed by atoms with Crippen molar-refractivity contribution in [2.24, 2.45) is 0 Å². The van der Waals surface area contributed by atoms with Crippen molar-refractivity contribution in [2.45, 2.75) is 20.0 Å². The molecule has 0 unspecified atom stereocenters. The Labute approximate surface area is 195 Å². The van der Waals surface area contributed by atoms with E-state index < -0.39 is 29.7 Å². The van der Waals surface area contributed by atoms with Gasteiger partial charge in [-0.15, -0.1) is 0 Å². The molecule has 0 fully saturated rings. The zero-order chi connectivity index (χ0) is 24.6. The molecule has 0 atom stereocenters. The topological polar surface area (TPSA) is 81.7 Å². The molecule has 2 aromatic carbocycles. The van der Waals surface area contributed by atoms with Crippen LogP contribution >= 0.6 is 11.6 Å². The molecule has 0 aliphatic carbocycles. The van der Waals surface area contributed by atoms with Crippen LogP contribution in [0.1, 0.15) is 16.7 Å². The van der Waals surface area contributed by atoms with Gasteiger partial charge in [0.15, 0.2) is 12.4 Å². The maximum absolute atomic E-state index is 13.2. The van der Waals surface area contributed by atoms with Crippen molar-refractivity contribution in [3.05, 3.63) is 80.7 Å². The van der Waals surface area contributed by atoms with Crippen molar-refractivity contribution in [1.82, 2.24) is 0 Å². The van der Waals surface area contributed by atoms with Gasteiger partial charge in [-0.3, -0.25) is 9.59 Å². The third-order valence-corrected chi connectivity index (χ3v) is 5.27. The lowest BCUT2D eigenvalue weighted by Crippen LogP contribution is -2.23. The van der Waals surface area contributed by atoms with Crippen LogP contribution in [0.5, 0.6) is 5.75 Å². The van der Waals surface area contributed by atoms with E-state index in [1.807, 2.05) is 13.0 Å². The van der Waals surface area contributed by atoms with Crippen molar-refractivity contribution in [1.29, 1.82) is 0 Å². The lowest BCUT2D eigenvalue weighted by atomic mass is 10.1. The molecule has 0 saturated carbocycles. The number of alkyl halides is 3. The van der Waals surface area contributed by atoms with E-state index in [0.717, 1.165) is 23.3 Å². The summed E-state index contributed by atoms with van der Waals surface area (Å²) in [4.78, 5) is 25.7. The zero-order valence-electron chi connectivity index (χ0n) is 17.9. The van der Waals surface area contributed by atoms with Gasteiger partial charge >= 0.3 is 6.18 Å². The molecule has 0 spiro atoms. The molecular formula is C24H17ClF3NO5. The summed E-state index contributed by atoms with van der Waals surface area (Å²) in [6, 6.07) is 9.17. The minimum absolute atomic E-state index is 0.0145. The summed E-state index contributed by atoms with van der Waals surface area (Å²) in [6.07, 6.45) is -3.23. The van der Waals surface area contributed by atoms with Crippen molar-refractivity contribution < 1.29 is 31.5 Å². The first-order valence-corrected chi connectivity index (χ1v) is 10.3. The Hall–Kier alpha value is -3.72. The Balaban J connectivity index is 1.66. The molecule has 10 heteroatoms. The Kier molecular flexibility index (Phi) is 6.14. The molecule has 2 aromatic heterocycles. The highest BCUT2D eigenvalue weighted by Crippen LogP contribution is 2.35. The number of carbonyl (C=O) groups excluding carboxylic acids is 1. The first kappa shape index (κ1) is 23.4. The van der Waals surface area contributed by atoms with Gasteiger partial charge in [0.05, 0.1) is 27.9 Å². The van der Waals surface area contributed by atoms with E-state index in [0.29, 0.717) is 11.6 Å². The van der Waals surface area contributed by atoms with Crippen molar-refractivity contribution >= 4 is 34.2 Å². The first-order chi connectivity index (χ1) is 16.0. The number of carbonyl (C=O) groups is 1. The summed E-state index contributed by atoms with van der Waals surface area (Å²) in [7, 11) is 0. The highest BCUT2D eigenvalue weighted by atomic mass is 35.5. The number of nitrogens with one attached hydrogen (secondary N) is 1. The Bertz CT molecular complexity index is 1440. The fourth-order valence-corrected chi connectivity index (χ4v) is 3.62. The smallest absolute Gasteiger partial charge is 0.416 e. The maximum Gasteiger partial charge on any atom is 0.416 e. The minimum atomic E-state index is -4.61. The van der Waals surface area contributed by atoms with Gasteiger partial charge in [-0.05, 0) is 61.4 Å².